The van der Waals surface area contributed by atoms with Gasteiger partial charge in [0.1, 0.15) is 5.82 Å². The highest BCUT2D eigenvalue weighted by Gasteiger charge is 2.55. The predicted molar refractivity (Wildman–Crippen MR) is 105 cm³/mol. The van der Waals surface area contributed by atoms with Gasteiger partial charge in [-0.15, -0.1) is 0 Å². The minimum Gasteiger partial charge on any atom is -0.338 e. The van der Waals surface area contributed by atoms with E-state index in [-0.39, 0.29) is 22.3 Å². The first-order chi connectivity index (χ1) is 14.0. The molecule has 1 saturated heterocycles. The van der Waals surface area contributed by atoms with Crippen molar-refractivity contribution in [2.24, 2.45) is 5.92 Å². The number of rotatable bonds is 4. The molecule has 1 amide bonds. The molecule has 2 heterocycles. The number of ketones is 1. The lowest BCUT2D eigenvalue weighted by Gasteiger charge is -2.32. The van der Waals surface area contributed by atoms with Crippen LogP contribution in [0.4, 0.5) is 10.1 Å². The van der Waals surface area contributed by atoms with E-state index >= 15 is 0 Å². The van der Waals surface area contributed by atoms with E-state index in [1.807, 2.05) is 0 Å². The Balaban J connectivity index is 1.56. The van der Waals surface area contributed by atoms with E-state index in [4.69, 9.17) is 21.1 Å². The number of hydrogen-bond donors (Lipinski definition) is 0. The molecule has 2 aliphatic heterocycles. The Hall–Kier alpha value is -2.28. The van der Waals surface area contributed by atoms with Crippen molar-refractivity contribution in [1.29, 1.82) is 0 Å². The van der Waals surface area contributed by atoms with Gasteiger partial charge in [-0.3, -0.25) is 9.59 Å². The fraction of sp³-hybridized carbons (Fsp3) is 0.364. The van der Waals surface area contributed by atoms with E-state index < -0.39 is 11.6 Å². The van der Waals surface area contributed by atoms with Gasteiger partial charge in [0.25, 0.3) is 11.7 Å². The third kappa shape index (κ3) is 3.06. The minimum absolute atomic E-state index is 0.113. The second-order valence-electron chi connectivity index (χ2n) is 7.72. The average molecular weight is 416 g/mol. The molecule has 0 atom stereocenters. The van der Waals surface area contributed by atoms with E-state index in [9.17, 15) is 14.0 Å². The van der Waals surface area contributed by atoms with Crippen molar-refractivity contribution in [3.8, 4) is 0 Å². The van der Waals surface area contributed by atoms with Crippen molar-refractivity contribution in [2.75, 3.05) is 24.7 Å². The molecule has 0 radical (unpaired) electrons. The lowest BCUT2D eigenvalue weighted by Crippen LogP contribution is -2.47. The number of ether oxygens (including phenoxy) is 2. The molecule has 150 valence electrons. The molecular weight excluding hydrogens is 397 g/mol. The van der Waals surface area contributed by atoms with Crippen LogP contribution < -0.4 is 4.90 Å². The average Bonchev–Trinajstić information content (AvgIpc) is 3.54. The van der Waals surface area contributed by atoms with Crippen molar-refractivity contribution >= 4 is 29.0 Å². The van der Waals surface area contributed by atoms with Crippen molar-refractivity contribution in [1.82, 2.24) is 0 Å². The smallest absolute Gasteiger partial charge is 0.292 e. The predicted octanol–water partition coefficient (Wildman–Crippen LogP) is 4.06. The molecule has 5 rings (SSSR count). The summed E-state index contributed by atoms with van der Waals surface area (Å²) in [5.74, 6) is -2.11. The molecular formula is C22H19ClFNO4. The second kappa shape index (κ2) is 6.90. The fourth-order valence-corrected chi connectivity index (χ4v) is 4.11. The van der Waals surface area contributed by atoms with Crippen LogP contribution >= 0.6 is 11.6 Å². The maximum atomic E-state index is 13.5. The number of benzene rings is 2. The maximum absolute atomic E-state index is 13.5. The van der Waals surface area contributed by atoms with Gasteiger partial charge in [0.2, 0.25) is 0 Å². The topological polar surface area (TPSA) is 55.8 Å². The third-order valence-corrected chi connectivity index (χ3v) is 5.94. The Morgan fingerprint density at radius 3 is 2.52 bits per heavy atom. The number of carbonyl (C=O) groups is 2. The first-order valence-electron chi connectivity index (χ1n) is 9.74. The number of hydrogen-bond acceptors (Lipinski definition) is 4. The van der Waals surface area contributed by atoms with Crippen LogP contribution in [-0.2, 0) is 20.1 Å². The summed E-state index contributed by atoms with van der Waals surface area (Å²) in [6.07, 6.45) is 2.92. The summed E-state index contributed by atoms with van der Waals surface area (Å²) in [6.45, 7) is 1.45. The van der Waals surface area contributed by atoms with Gasteiger partial charge in [-0.2, -0.15) is 0 Å². The van der Waals surface area contributed by atoms with Crippen LogP contribution in [0.1, 0.15) is 40.7 Å². The van der Waals surface area contributed by atoms with Gasteiger partial charge in [-0.1, -0.05) is 11.6 Å². The zero-order valence-corrected chi connectivity index (χ0v) is 16.4. The summed E-state index contributed by atoms with van der Waals surface area (Å²) in [4.78, 5) is 28.0. The van der Waals surface area contributed by atoms with Crippen LogP contribution in [0.15, 0.2) is 36.4 Å². The molecule has 1 spiro atoms. The van der Waals surface area contributed by atoms with Crippen LogP contribution in [0.25, 0.3) is 0 Å². The van der Waals surface area contributed by atoms with Gasteiger partial charge in [-0.25, -0.2) is 4.39 Å². The number of nitrogens with zero attached hydrogens (tertiary/aromatic N) is 1. The summed E-state index contributed by atoms with van der Waals surface area (Å²) >= 11 is 5.83. The van der Waals surface area contributed by atoms with Crippen molar-refractivity contribution < 1.29 is 23.5 Å². The van der Waals surface area contributed by atoms with Crippen molar-refractivity contribution in [2.45, 2.75) is 25.0 Å². The van der Waals surface area contributed by atoms with Crippen LogP contribution in [0.5, 0.6) is 0 Å². The van der Waals surface area contributed by atoms with Gasteiger partial charge < -0.3 is 14.4 Å². The molecule has 0 N–H and O–H groups in total. The Kier molecular flexibility index (Phi) is 4.46. The molecule has 7 heteroatoms. The summed E-state index contributed by atoms with van der Waals surface area (Å²) < 4.78 is 25.2. The molecule has 1 aliphatic carbocycles. The largest absolute Gasteiger partial charge is 0.338 e. The fourth-order valence-electron chi connectivity index (χ4n) is 3.93. The summed E-state index contributed by atoms with van der Waals surface area (Å²) in [7, 11) is 0. The molecule has 2 aromatic rings. The standard InChI is InChI=1S/C22H19ClFNO4/c23-17-11-15(4-6-18(17)24)20(26)14-5-7-19-16(10-14)22(28-8-1-9-29-22)21(27)25(19)12-13-2-3-13/h4-7,10-11,13H,1-3,8-9,12H2. The second-order valence-corrected chi connectivity index (χ2v) is 8.12. The zero-order chi connectivity index (χ0) is 20.2. The Labute approximate surface area is 172 Å². The maximum Gasteiger partial charge on any atom is 0.292 e. The molecule has 2 aromatic carbocycles. The van der Waals surface area contributed by atoms with E-state index in [0.29, 0.717) is 43.2 Å². The molecule has 5 nitrogen and oxygen atoms in total. The number of fused-ring (bicyclic) bond motifs is 2. The molecule has 0 aromatic heterocycles. The Bertz CT molecular complexity index is 1010. The van der Waals surface area contributed by atoms with Crippen LogP contribution in [0.3, 0.4) is 0 Å². The molecule has 2 fully saturated rings. The molecule has 0 bridgehead atoms. The summed E-state index contributed by atoms with van der Waals surface area (Å²) in [5, 5.41) is -0.113. The van der Waals surface area contributed by atoms with E-state index in [2.05, 4.69) is 0 Å². The number of anilines is 1. The Morgan fingerprint density at radius 1 is 1.14 bits per heavy atom. The summed E-state index contributed by atoms with van der Waals surface area (Å²) in [5.41, 5.74) is 1.92. The lowest BCUT2D eigenvalue weighted by atomic mass is 9.97. The highest BCUT2D eigenvalue weighted by Crippen LogP contribution is 2.47. The molecule has 0 unspecified atom stereocenters. The highest BCUT2D eigenvalue weighted by atomic mass is 35.5. The number of carbonyl (C=O) groups excluding carboxylic acids is 2. The van der Waals surface area contributed by atoms with E-state index in [1.165, 1.54) is 18.2 Å². The molecule has 29 heavy (non-hydrogen) atoms. The van der Waals surface area contributed by atoms with Gasteiger partial charge in [0.05, 0.1) is 23.9 Å². The van der Waals surface area contributed by atoms with Gasteiger partial charge >= 0.3 is 0 Å². The first-order valence-corrected chi connectivity index (χ1v) is 10.1. The van der Waals surface area contributed by atoms with Crippen molar-refractivity contribution in [3.05, 3.63) is 63.9 Å². The Morgan fingerprint density at radius 2 is 1.83 bits per heavy atom. The molecule has 1 saturated carbocycles. The van der Waals surface area contributed by atoms with Gasteiger partial charge in [0, 0.05) is 23.2 Å². The number of amides is 1. The van der Waals surface area contributed by atoms with E-state index in [0.717, 1.165) is 18.5 Å². The monoisotopic (exact) mass is 415 g/mol. The SMILES string of the molecule is O=C(c1ccc(F)c(Cl)c1)c1ccc2c(c1)C1(OCCCO1)C(=O)N2CC1CC1. The minimum atomic E-state index is -1.49. The normalized spacial score (nSPS) is 20.2. The quantitative estimate of drug-likeness (QED) is 0.707. The van der Waals surface area contributed by atoms with Crippen LogP contribution in [-0.4, -0.2) is 31.4 Å². The summed E-state index contributed by atoms with van der Waals surface area (Å²) in [6, 6.07) is 8.96. The highest BCUT2D eigenvalue weighted by molar-refractivity contribution is 6.31. The first kappa shape index (κ1) is 18.7. The van der Waals surface area contributed by atoms with E-state index in [1.54, 1.807) is 23.1 Å². The van der Waals surface area contributed by atoms with Crippen LogP contribution in [0, 0.1) is 11.7 Å². The molecule has 3 aliphatic rings. The van der Waals surface area contributed by atoms with Gasteiger partial charge in [0.15, 0.2) is 5.78 Å². The number of halogens is 2. The lowest BCUT2D eigenvalue weighted by molar-refractivity contribution is -0.256. The third-order valence-electron chi connectivity index (χ3n) is 5.65. The van der Waals surface area contributed by atoms with Crippen LogP contribution in [0.2, 0.25) is 5.02 Å². The zero-order valence-electron chi connectivity index (χ0n) is 15.6. The van der Waals surface area contributed by atoms with Gasteiger partial charge in [-0.05, 0) is 61.6 Å². The van der Waals surface area contributed by atoms with Crippen molar-refractivity contribution in [3.63, 3.8) is 0 Å².